The van der Waals surface area contributed by atoms with Crippen molar-refractivity contribution >= 4 is 23.2 Å². The van der Waals surface area contributed by atoms with Gasteiger partial charge < -0.3 is 0 Å². The first-order valence-corrected chi connectivity index (χ1v) is 4.79. The molecule has 0 aliphatic heterocycles. The Morgan fingerprint density at radius 3 is 2.87 bits per heavy atom. The van der Waals surface area contributed by atoms with Crippen LogP contribution in [-0.2, 0) is 0 Å². The molecule has 5 heteroatoms. The normalized spacial score (nSPS) is 9.93. The van der Waals surface area contributed by atoms with Crippen LogP contribution >= 0.6 is 23.2 Å². The van der Waals surface area contributed by atoms with E-state index in [0.717, 1.165) is 0 Å². The Labute approximate surface area is 96.5 Å². The lowest BCUT2D eigenvalue weighted by Gasteiger charge is -2.05. The number of aromatic nitrogens is 2. The standard InChI is InChI=1S/C10H4Cl2N3/c11-7-1-2-10(9(12)5-7)15-8(6-13)3-4-14-15/h1-2,4-5H. The maximum atomic E-state index is 8.80. The predicted octanol–water partition coefficient (Wildman–Crippen LogP) is 2.85. The first-order chi connectivity index (χ1) is 7.22. The smallest absolute Gasteiger partial charge is 0.152 e. The summed E-state index contributed by atoms with van der Waals surface area (Å²) in [6.07, 6.45) is 1.42. The van der Waals surface area contributed by atoms with Crippen LogP contribution in [0.4, 0.5) is 0 Å². The molecule has 1 radical (unpaired) electrons. The fourth-order valence-electron chi connectivity index (χ4n) is 1.18. The van der Waals surface area contributed by atoms with Crippen molar-refractivity contribution in [3.63, 3.8) is 0 Å². The molecular formula is C10H4Cl2N3. The lowest BCUT2D eigenvalue weighted by Crippen LogP contribution is -1.99. The molecule has 2 rings (SSSR count). The summed E-state index contributed by atoms with van der Waals surface area (Å²) in [4.78, 5) is 0. The molecule has 0 spiro atoms. The van der Waals surface area contributed by atoms with Crippen LogP contribution in [-0.4, -0.2) is 9.78 Å². The highest BCUT2D eigenvalue weighted by Gasteiger charge is 2.08. The number of hydrogen-bond acceptors (Lipinski definition) is 2. The molecule has 3 nitrogen and oxygen atoms in total. The first kappa shape index (κ1) is 10.0. The van der Waals surface area contributed by atoms with E-state index in [1.807, 2.05) is 6.07 Å². The van der Waals surface area contributed by atoms with Crippen molar-refractivity contribution < 1.29 is 0 Å². The number of rotatable bonds is 1. The Kier molecular flexibility index (Phi) is 2.63. The molecule has 15 heavy (non-hydrogen) atoms. The zero-order valence-electron chi connectivity index (χ0n) is 7.41. The largest absolute Gasteiger partial charge is 0.221 e. The number of hydrogen-bond donors (Lipinski definition) is 0. The molecule has 0 atom stereocenters. The Bertz CT molecular complexity index is 540. The highest BCUT2D eigenvalue weighted by Crippen LogP contribution is 2.24. The maximum Gasteiger partial charge on any atom is 0.152 e. The van der Waals surface area contributed by atoms with Gasteiger partial charge >= 0.3 is 0 Å². The fourth-order valence-corrected chi connectivity index (χ4v) is 1.67. The van der Waals surface area contributed by atoms with Crippen molar-refractivity contribution in [2.75, 3.05) is 0 Å². The first-order valence-electron chi connectivity index (χ1n) is 4.03. The SMILES string of the molecule is N#Cc1[c]cnn1-c1ccc(Cl)cc1Cl. The predicted molar refractivity (Wildman–Crippen MR) is 57.1 cm³/mol. The summed E-state index contributed by atoms with van der Waals surface area (Å²) >= 11 is 11.7. The van der Waals surface area contributed by atoms with Gasteiger partial charge in [0, 0.05) is 11.1 Å². The second-order valence-corrected chi connectivity index (χ2v) is 3.60. The number of nitrogens with zero attached hydrogens (tertiary/aromatic N) is 3. The molecule has 0 saturated heterocycles. The molecule has 1 aromatic carbocycles. The van der Waals surface area contributed by atoms with Crippen LogP contribution < -0.4 is 0 Å². The van der Waals surface area contributed by atoms with Crippen molar-refractivity contribution in [1.29, 1.82) is 5.26 Å². The Morgan fingerprint density at radius 1 is 1.40 bits per heavy atom. The molecule has 2 aromatic rings. The summed E-state index contributed by atoms with van der Waals surface area (Å²) < 4.78 is 1.42. The highest BCUT2D eigenvalue weighted by atomic mass is 35.5. The Morgan fingerprint density at radius 2 is 2.20 bits per heavy atom. The van der Waals surface area contributed by atoms with E-state index < -0.39 is 0 Å². The Hall–Kier alpha value is -1.50. The molecule has 0 aliphatic rings. The van der Waals surface area contributed by atoms with E-state index in [1.54, 1.807) is 18.2 Å². The van der Waals surface area contributed by atoms with Crippen LogP contribution in [0.15, 0.2) is 24.4 Å². The molecule has 0 aliphatic carbocycles. The lowest BCUT2D eigenvalue weighted by molar-refractivity contribution is 0.866. The summed E-state index contributed by atoms with van der Waals surface area (Å²) in [5.41, 5.74) is 0.915. The van der Waals surface area contributed by atoms with Crippen molar-refractivity contribution in [3.05, 3.63) is 46.2 Å². The van der Waals surface area contributed by atoms with Gasteiger partial charge in [0.2, 0.25) is 0 Å². The second kappa shape index (κ2) is 3.93. The van der Waals surface area contributed by atoms with Gasteiger partial charge in [-0.05, 0) is 18.2 Å². The molecule has 0 N–H and O–H groups in total. The molecule has 1 aromatic heterocycles. The fraction of sp³-hybridized carbons (Fsp3) is 0. The van der Waals surface area contributed by atoms with Gasteiger partial charge in [-0.25, -0.2) is 4.68 Å². The topological polar surface area (TPSA) is 41.6 Å². The van der Waals surface area contributed by atoms with Gasteiger partial charge in [0.15, 0.2) is 5.69 Å². The molecule has 73 valence electrons. The van der Waals surface area contributed by atoms with E-state index in [0.29, 0.717) is 21.4 Å². The van der Waals surface area contributed by atoms with Gasteiger partial charge in [-0.2, -0.15) is 10.4 Å². The van der Waals surface area contributed by atoms with Crippen molar-refractivity contribution in [3.8, 4) is 11.8 Å². The van der Waals surface area contributed by atoms with Crippen LogP contribution in [0.2, 0.25) is 10.0 Å². The maximum absolute atomic E-state index is 8.80. The summed E-state index contributed by atoms with van der Waals surface area (Å²) in [6, 6.07) is 9.65. The molecule has 0 unspecified atom stereocenters. The van der Waals surface area contributed by atoms with Crippen LogP contribution in [0.3, 0.4) is 0 Å². The zero-order valence-corrected chi connectivity index (χ0v) is 8.92. The highest BCUT2D eigenvalue weighted by molar-refractivity contribution is 6.35. The molecule has 1 heterocycles. The minimum Gasteiger partial charge on any atom is -0.221 e. The van der Waals surface area contributed by atoms with Gasteiger partial charge in [-0.15, -0.1) is 0 Å². The van der Waals surface area contributed by atoms with Gasteiger partial charge in [0.1, 0.15) is 6.07 Å². The van der Waals surface area contributed by atoms with Crippen LogP contribution in [0, 0.1) is 17.4 Å². The van der Waals surface area contributed by atoms with Gasteiger partial charge in [-0.1, -0.05) is 23.2 Å². The van der Waals surface area contributed by atoms with Gasteiger partial charge in [-0.3, -0.25) is 0 Å². The number of benzene rings is 1. The number of halogens is 2. The number of nitriles is 1. The molecule has 0 fully saturated rings. The third-order valence-corrected chi connectivity index (χ3v) is 2.37. The van der Waals surface area contributed by atoms with E-state index in [1.165, 1.54) is 10.9 Å². The lowest BCUT2D eigenvalue weighted by atomic mass is 10.3. The van der Waals surface area contributed by atoms with E-state index in [-0.39, 0.29) is 0 Å². The van der Waals surface area contributed by atoms with Crippen LogP contribution in [0.1, 0.15) is 5.69 Å². The van der Waals surface area contributed by atoms with Crippen LogP contribution in [0.5, 0.6) is 0 Å². The van der Waals surface area contributed by atoms with E-state index in [2.05, 4.69) is 11.2 Å². The zero-order chi connectivity index (χ0) is 10.8. The Balaban J connectivity index is 2.60. The average molecular weight is 237 g/mol. The minimum atomic E-state index is 0.305. The van der Waals surface area contributed by atoms with Crippen molar-refractivity contribution in [2.45, 2.75) is 0 Å². The molecular weight excluding hydrogens is 233 g/mol. The minimum absolute atomic E-state index is 0.305. The van der Waals surface area contributed by atoms with E-state index in [9.17, 15) is 0 Å². The molecule has 0 amide bonds. The van der Waals surface area contributed by atoms with Crippen molar-refractivity contribution in [1.82, 2.24) is 9.78 Å². The molecule has 0 saturated carbocycles. The summed E-state index contributed by atoms with van der Waals surface area (Å²) in [5.74, 6) is 0. The third kappa shape index (κ3) is 1.82. The average Bonchev–Trinajstić information content (AvgIpc) is 2.65. The second-order valence-electron chi connectivity index (χ2n) is 2.76. The monoisotopic (exact) mass is 236 g/mol. The molecule has 0 bridgehead atoms. The summed E-state index contributed by atoms with van der Waals surface area (Å²) in [7, 11) is 0. The van der Waals surface area contributed by atoms with E-state index in [4.69, 9.17) is 28.5 Å². The van der Waals surface area contributed by atoms with E-state index >= 15 is 0 Å². The summed E-state index contributed by atoms with van der Waals surface area (Å²) in [6.45, 7) is 0. The van der Waals surface area contributed by atoms with Crippen molar-refractivity contribution in [2.24, 2.45) is 0 Å². The van der Waals surface area contributed by atoms with Gasteiger partial charge in [0.25, 0.3) is 0 Å². The van der Waals surface area contributed by atoms with Crippen LogP contribution in [0.25, 0.3) is 5.69 Å². The summed E-state index contributed by atoms with van der Waals surface area (Å²) in [5, 5.41) is 13.7. The third-order valence-electron chi connectivity index (χ3n) is 1.83. The quantitative estimate of drug-likeness (QED) is 0.765. The van der Waals surface area contributed by atoms with Gasteiger partial charge in [0.05, 0.1) is 16.9 Å².